The van der Waals surface area contributed by atoms with E-state index in [0.717, 1.165) is 44.1 Å². The van der Waals surface area contributed by atoms with Gasteiger partial charge in [-0.3, -0.25) is 14.4 Å². The van der Waals surface area contributed by atoms with Gasteiger partial charge in [0.1, 0.15) is 6.10 Å². The summed E-state index contributed by atoms with van der Waals surface area (Å²) in [4.78, 5) is 40.0. The van der Waals surface area contributed by atoms with Crippen molar-refractivity contribution in [3.63, 3.8) is 0 Å². The second-order valence-electron chi connectivity index (χ2n) is 16.4. The van der Waals surface area contributed by atoms with Crippen LogP contribution in [0.2, 0.25) is 0 Å². The Hall–Kier alpha value is -2.71. The SMILES string of the molecule is CCCCCCCCC=CCCCCCCCC(=O)NC(CCC)CC(CCCc1ccccc1)(CNC(=O)C1OC(C)(C)OCC1(C)C)C(=O)O. The van der Waals surface area contributed by atoms with Gasteiger partial charge in [-0.1, -0.05) is 128 Å². The molecule has 2 amide bonds. The third kappa shape index (κ3) is 17.9. The predicted octanol–water partition coefficient (Wildman–Crippen LogP) is 10.1. The van der Waals surface area contributed by atoms with Gasteiger partial charge >= 0.3 is 5.97 Å². The highest BCUT2D eigenvalue weighted by Gasteiger charge is 2.47. The van der Waals surface area contributed by atoms with Gasteiger partial charge in [0.05, 0.1) is 12.0 Å². The van der Waals surface area contributed by atoms with Crippen LogP contribution in [0.15, 0.2) is 42.5 Å². The lowest BCUT2D eigenvalue weighted by Gasteiger charge is -2.45. The number of nitrogens with one attached hydrogen (secondary N) is 2. The maximum atomic E-state index is 13.6. The molecular formula is C44H74N2O6. The number of carboxylic acids is 1. The van der Waals surface area contributed by atoms with Crippen molar-refractivity contribution in [3.05, 3.63) is 48.0 Å². The smallest absolute Gasteiger partial charge is 0.311 e. The van der Waals surface area contributed by atoms with E-state index in [2.05, 4.69) is 36.6 Å². The molecule has 3 unspecified atom stereocenters. The highest BCUT2D eigenvalue weighted by Crippen LogP contribution is 2.36. The molecule has 0 aliphatic carbocycles. The fourth-order valence-corrected chi connectivity index (χ4v) is 7.18. The van der Waals surface area contributed by atoms with Gasteiger partial charge in [0, 0.05) is 24.4 Å². The highest BCUT2D eigenvalue weighted by atomic mass is 16.7. The molecule has 0 radical (unpaired) electrons. The molecule has 1 heterocycles. The van der Waals surface area contributed by atoms with E-state index < -0.39 is 28.7 Å². The molecule has 3 atom stereocenters. The summed E-state index contributed by atoms with van der Waals surface area (Å²) in [6.07, 6.45) is 23.5. The summed E-state index contributed by atoms with van der Waals surface area (Å²) in [5.41, 5.74) is -0.698. The zero-order valence-electron chi connectivity index (χ0n) is 33.7. The van der Waals surface area contributed by atoms with Crippen LogP contribution in [0, 0.1) is 10.8 Å². The second kappa shape index (κ2) is 24.6. The molecule has 1 aliphatic rings. The van der Waals surface area contributed by atoms with Crippen molar-refractivity contribution in [2.45, 2.75) is 188 Å². The molecule has 0 bridgehead atoms. The van der Waals surface area contributed by atoms with Gasteiger partial charge in [0.25, 0.3) is 0 Å². The van der Waals surface area contributed by atoms with Crippen molar-refractivity contribution in [1.29, 1.82) is 0 Å². The third-order valence-electron chi connectivity index (χ3n) is 10.5. The number of carboxylic acid groups (broad SMARTS) is 1. The molecule has 1 saturated heterocycles. The minimum Gasteiger partial charge on any atom is -0.481 e. The number of aliphatic carboxylic acids is 1. The minimum atomic E-state index is -1.26. The summed E-state index contributed by atoms with van der Waals surface area (Å²) in [7, 11) is 0. The van der Waals surface area contributed by atoms with Crippen LogP contribution in [0.3, 0.4) is 0 Å². The number of amides is 2. The Morgan fingerprint density at radius 2 is 1.48 bits per heavy atom. The number of benzene rings is 1. The molecular weight excluding hydrogens is 652 g/mol. The van der Waals surface area contributed by atoms with Crippen LogP contribution in [0.5, 0.6) is 0 Å². The fourth-order valence-electron chi connectivity index (χ4n) is 7.18. The zero-order valence-corrected chi connectivity index (χ0v) is 33.7. The van der Waals surface area contributed by atoms with E-state index in [1.165, 1.54) is 57.8 Å². The molecule has 8 nitrogen and oxygen atoms in total. The van der Waals surface area contributed by atoms with Crippen molar-refractivity contribution in [3.8, 4) is 0 Å². The number of hydrogen-bond donors (Lipinski definition) is 3. The molecule has 1 aliphatic heterocycles. The van der Waals surface area contributed by atoms with Gasteiger partial charge in [-0.05, 0) is 83.6 Å². The Balaban J connectivity index is 1.93. The first-order valence-electron chi connectivity index (χ1n) is 20.7. The summed E-state index contributed by atoms with van der Waals surface area (Å²) >= 11 is 0. The van der Waals surface area contributed by atoms with E-state index in [1.807, 2.05) is 44.2 Å². The number of carbonyl (C=O) groups excluding carboxylic acids is 2. The molecule has 2 rings (SSSR count). The molecule has 1 aromatic carbocycles. The van der Waals surface area contributed by atoms with Crippen molar-refractivity contribution in [2.24, 2.45) is 10.8 Å². The van der Waals surface area contributed by atoms with Crippen LogP contribution < -0.4 is 10.6 Å². The van der Waals surface area contributed by atoms with E-state index in [0.29, 0.717) is 32.3 Å². The van der Waals surface area contributed by atoms with Crippen molar-refractivity contribution < 1.29 is 29.0 Å². The summed E-state index contributed by atoms with van der Waals surface area (Å²) in [6.45, 7) is 12.0. The van der Waals surface area contributed by atoms with Crippen LogP contribution in [0.25, 0.3) is 0 Å². The number of rotatable bonds is 28. The Morgan fingerprint density at radius 3 is 2.10 bits per heavy atom. The van der Waals surface area contributed by atoms with Crippen LogP contribution in [0.4, 0.5) is 0 Å². The summed E-state index contributed by atoms with van der Waals surface area (Å²) in [6, 6.07) is 9.73. The first-order chi connectivity index (χ1) is 24.8. The lowest BCUT2D eigenvalue weighted by molar-refractivity contribution is -0.304. The molecule has 0 saturated carbocycles. The second-order valence-corrected chi connectivity index (χ2v) is 16.4. The Morgan fingerprint density at radius 1 is 0.865 bits per heavy atom. The topological polar surface area (TPSA) is 114 Å². The van der Waals surface area contributed by atoms with E-state index in [4.69, 9.17) is 9.47 Å². The number of carbonyl (C=O) groups is 3. The van der Waals surface area contributed by atoms with Crippen molar-refractivity contribution >= 4 is 17.8 Å². The van der Waals surface area contributed by atoms with Crippen LogP contribution in [-0.4, -0.2) is 54.0 Å². The van der Waals surface area contributed by atoms with E-state index in [1.54, 1.807) is 13.8 Å². The highest BCUT2D eigenvalue weighted by molar-refractivity contribution is 5.83. The quantitative estimate of drug-likeness (QED) is 0.0585. The van der Waals surface area contributed by atoms with Crippen molar-refractivity contribution in [1.82, 2.24) is 10.6 Å². The summed E-state index contributed by atoms with van der Waals surface area (Å²) in [5, 5.41) is 17.0. The molecule has 8 heteroatoms. The number of ether oxygens (including phenoxy) is 2. The maximum absolute atomic E-state index is 13.6. The number of unbranched alkanes of at least 4 members (excludes halogenated alkanes) is 11. The Bertz CT molecular complexity index is 1180. The molecule has 296 valence electrons. The largest absolute Gasteiger partial charge is 0.481 e. The molecule has 1 aromatic rings. The standard InChI is InChI=1S/C44H74N2O6/c1-7-9-10-11-12-13-14-15-16-17-18-19-20-21-25-31-38(47)46-37(27-8-2)33-44(41(49)50,32-26-30-36-28-23-22-24-29-36)34-45-40(48)39-42(3,4)35-51-43(5,6)52-39/h15-16,22-24,28-29,37,39H,7-14,17-21,25-27,30-35H2,1-6H3,(H,45,48)(H,46,47)(H,49,50). The average Bonchev–Trinajstić information content (AvgIpc) is 3.10. The lowest BCUT2D eigenvalue weighted by Crippen LogP contribution is -2.58. The Kier molecular flexibility index (Phi) is 21.5. The minimum absolute atomic E-state index is 0.0247. The first-order valence-corrected chi connectivity index (χ1v) is 20.7. The van der Waals surface area contributed by atoms with Gasteiger partial charge in [-0.2, -0.15) is 0 Å². The van der Waals surface area contributed by atoms with Crippen molar-refractivity contribution in [2.75, 3.05) is 13.2 Å². The third-order valence-corrected chi connectivity index (χ3v) is 10.5. The molecule has 0 aromatic heterocycles. The van der Waals surface area contributed by atoms with Gasteiger partial charge in [-0.25, -0.2) is 0 Å². The predicted molar refractivity (Wildman–Crippen MR) is 212 cm³/mol. The van der Waals surface area contributed by atoms with Gasteiger partial charge in [0.2, 0.25) is 11.8 Å². The van der Waals surface area contributed by atoms with Gasteiger partial charge in [0.15, 0.2) is 5.79 Å². The average molecular weight is 727 g/mol. The monoisotopic (exact) mass is 727 g/mol. The van der Waals surface area contributed by atoms with Crippen LogP contribution >= 0.6 is 0 Å². The number of hydrogen-bond acceptors (Lipinski definition) is 5. The maximum Gasteiger partial charge on any atom is 0.311 e. The number of aryl methyl sites for hydroxylation is 1. The molecule has 3 N–H and O–H groups in total. The molecule has 1 fully saturated rings. The van der Waals surface area contributed by atoms with Gasteiger partial charge in [-0.15, -0.1) is 0 Å². The molecule has 0 spiro atoms. The first kappa shape index (κ1) is 45.4. The van der Waals surface area contributed by atoms with E-state index >= 15 is 0 Å². The fraction of sp³-hybridized carbons (Fsp3) is 0.750. The summed E-state index contributed by atoms with van der Waals surface area (Å²) in [5.74, 6) is -2.24. The summed E-state index contributed by atoms with van der Waals surface area (Å²) < 4.78 is 11.9. The Labute approximate surface area is 316 Å². The van der Waals surface area contributed by atoms with E-state index in [9.17, 15) is 19.5 Å². The zero-order chi connectivity index (χ0) is 38.3. The van der Waals surface area contributed by atoms with Gasteiger partial charge < -0.3 is 25.2 Å². The van der Waals surface area contributed by atoms with E-state index in [-0.39, 0.29) is 30.8 Å². The lowest BCUT2D eigenvalue weighted by atomic mass is 9.75. The van der Waals surface area contributed by atoms with Crippen LogP contribution in [0.1, 0.15) is 169 Å². The molecule has 52 heavy (non-hydrogen) atoms. The van der Waals surface area contributed by atoms with Crippen LogP contribution in [-0.2, 0) is 30.3 Å². The normalized spacial score (nSPS) is 18.5. The number of allylic oxidation sites excluding steroid dienone is 2.